The Bertz CT molecular complexity index is 1100. The van der Waals surface area contributed by atoms with Crippen molar-refractivity contribution in [3.05, 3.63) is 95.1 Å². The van der Waals surface area contributed by atoms with Gasteiger partial charge in [-0.3, -0.25) is 4.79 Å². The summed E-state index contributed by atoms with van der Waals surface area (Å²) < 4.78 is 45.9. The van der Waals surface area contributed by atoms with E-state index in [0.29, 0.717) is 11.3 Å². The van der Waals surface area contributed by atoms with Crippen molar-refractivity contribution < 1.29 is 32.9 Å². The molecule has 0 aliphatic rings. The number of carboxylic acids is 1. The van der Waals surface area contributed by atoms with Gasteiger partial charge in [-0.2, -0.15) is 13.2 Å². The largest absolute Gasteiger partial charge is 0.481 e. The van der Waals surface area contributed by atoms with Gasteiger partial charge in [-0.15, -0.1) is 0 Å². The lowest BCUT2D eigenvalue weighted by atomic mass is 9.92. The molecule has 3 N–H and O–H groups in total. The molecule has 3 aromatic rings. The van der Waals surface area contributed by atoms with Crippen molar-refractivity contribution in [2.75, 3.05) is 6.61 Å². The Morgan fingerprint density at radius 3 is 2.33 bits per heavy atom. The van der Waals surface area contributed by atoms with Gasteiger partial charge in [0.25, 0.3) is 0 Å². The van der Waals surface area contributed by atoms with Gasteiger partial charge in [-0.05, 0) is 48.4 Å². The Labute approximate surface area is 189 Å². The van der Waals surface area contributed by atoms with Crippen LogP contribution in [0.2, 0.25) is 0 Å². The fourth-order valence-electron chi connectivity index (χ4n) is 3.36. The van der Waals surface area contributed by atoms with Gasteiger partial charge in [0, 0.05) is 12.1 Å². The maximum absolute atomic E-state index is 13.3. The highest BCUT2D eigenvalue weighted by molar-refractivity contribution is 5.70. The Kier molecular flexibility index (Phi) is 7.40. The summed E-state index contributed by atoms with van der Waals surface area (Å²) in [6.07, 6.45) is -4.74. The standard InChI is InChI=1S/C25H24F3NO4/c1-24(16-30,19-7-3-2-4-8-19)29-15-18-14-20(25(26,27)28)10-11-22(18)33-21-9-5-6-17(12-21)13-23(31)32/h2-12,14,29-30H,13,15-16H2,1H3,(H,31,32). The van der Waals surface area contributed by atoms with Gasteiger partial charge in [0.05, 0.1) is 24.1 Å². The number of hydrogen-bond acceptors (Lipinski definition) is 4. The number of aliphatic hydroxyl groups excluding tert-OH is 1. The zero-order chi connectivity index (χ0) is 24.1. The van der Waals surface area contributed by atoms with Crippen molar-refractivity contribution >= 4 is 5.97 Å². The molecule has 0 bridgehead atoms. The highest BCUT2D eigenvalue weighted by Gasteiger charge is 2.32. The molecule has 1 atom stereocenters. The van der Waals surface area contributed by atoms with Crippen LogP contribution in [0.25, 0.3) is 0 Å². The SMILES string of the molecule is CC(CO)(NCc1cc(C(F)(F)F)ccc1Oc1cccc(CC(=O)O)c1)c1ccccc1. The maximum Gasteiger partial charge on any atom is 0.416 e. The average molecular weight is 459 g/mol. The van der Waals surface area contributed by atoms with Crippen LogP contribution in [0.4, 0.5) is 13.2 Å². The first-order valence-electron chi connectivity index (χ1n) is 10.2. The van der Waals surface area contributed by atoms with Crippen LogP contribution >= 0.6 is 0 Å². The minimum absolute atomic E-state index is 0.0139. The minimum atomic E-state index is -4.53. The molecule has 0 saturated heterocycles. The van der Waals surface area contributed by atoms with Gasteiger partial charge in [0.1, 0.15) is 11.5 Å². The summed E-state index contributed by atoms with van der Waals surface area (Å²) in [6.45, 7) is 1.47. The van der Waals surface area contributed by atoms with Crippen molar-refractivity contribution in [3.63, 3.8) is 0 Å². The number of hydrogen-bond donors (Lipinski definition) is 3. The number of ether oxygens (including phenoxy) is 1. The Morgan fingerprint density at radius 1 is 0.970 bits per heavy atom. The summed E-state index contributed by atoms with van der Waals surface area (Å²) >= 11 is 0. The molecule has 174 valence electrons. The lowest BCUT2D eigenvalue weighted by molar-refractivity contribution is -0.138. The molecule has 0 spiro atoms. The first kappa shape index (κ1) is 24.3. The molecule has 5 nitrogen and oxygen atoms in total. The van der Waals surface area contributed by atoms with Gasteiger partial charge in [0.2, 0.25) is 0 Å². The van der Waals surface area contributed by atoms with Gasteiger partial charge >= 0.3 is 12.1 Å². The molecule has 33 heavy (non-hydrogen) atoms. The molecule has 8 heteroatoms. The number of nitrogens with one attached hydrogen (secondary N) is 1. The van der Waals surface area contributed by atoms with Crippen LogP contribution in [-0.4, -0.2) is 22.8 Å². The van der Waals surface area contributed by atoms with E-state index in [2.05, 4.69) is 5.32 Å². The quantitative estimate of drug-likeness (QED) is 0.414. The van der Waals surface area contributed by atoms with Crippen LogP contribution in [0.15, 0.2) is 72.8 Å². The first-order chi connectivity index (χ1) is 15.6. The van der Waals surface area contributed by atoms with E-state index in [-0.39, 0.29) is 30.9 Å². The molecule has 0 aromatic heterocycles. The van der Waals surface area contributed by atoms with E-state index in [1.807, 2.05) is 30.3 Å². The number of aliphatic carboxylic acids is 1. The Morgan fingerprint density at radius 2 is 1.70 bits per heavy atom. The van der Waals surface area contributed by atoms with Crippen LogP contribution < -0.4 is 10.1 Å². The number of halogens is 3. The predicted molar refractivity (Wildman–Crippen MR) is 117 cm³/mol. The number of alkyl halides is 3. The van der Waals surface area contributed by atoms with E-state index < -0.39 is 23.2 Å². The summed E-state index contributed by atoms with van der Waals surface area (Å²) in [6, 6.07) is 18.7. The third-order valence-corrected chi connectivity index (χ3v) is 5.27. The van der Waals surface area contributed by atoms with Crippen molar-refractivity contribution in [2.24, 2.45) is 0 Å². The fourth-order valence-corrected chi connectivity index (χ4v) is 3.36. The van der Waals surface area contributed by atoms with Gasteiger partial charge in [-0.25, -0.2) is 0 Å². The van der Waals surface area contributed by atoms with Crippen LogP contribution in [0.3, 0.4) is 0 Å². The second-order valence-electron chi connectivity index (χ2n) is 7.85. The molecular formula is C25H24F3NO4. The van der Waals surface area contributed by atoms with Gasteiger partial charge in [-0.1, -0.05) is 42.5 Å². The normalized spacial score (nSPS) is 13.4. The van der Waals surface area contributed by atoms with Crippen molar-refractivity contribution in [1.29, 1.82) is 0 Å². The van der Waals surface area contributed by atoms with E-state index in [1.165, 1.54) is 12.1 Å². The fraction of sp³-hybridized carbons (Fsp3) is 0.240. The van der Waals surface area contributed by atoms with Crippen LogP contribution in [0.1, 0.15) is 29.2 Å². The molecule has 0 saturated carbocycles. The van der Waals surface area contributed by atoms with Crippen LogP contribution in [0, 0.1) is 0 Å². The third kappa shape index (κ3) is 6.34. The van der Waals surface area contributed by atoms with E-state index in [0.717, 1.165) is 17.7 Å². The van der Waals surface area contributed by atoms with E-state index in [1.54, 1.807) is 25.1 Å². The second-order valence-corrected chi connectivity index (χ2v) is 7.85. The van der Waals surface area contributed by atoms with Crippen molar-refractivity contribution in [2.45, 2.75) is 31.6 Å². The third-order valence-electron chi connectivity index (χ3n) is 5.27. The number of carbonyl (C=O) groups is 1. The highest BCUT2D eigenvalue weighted by Crippen LogP contribution is 2.35. The molecule has 0 amide bonds. The number of rotatable bonds is 9. The summed E-state index contributed by atoms with van der Waals surface area (Å²) in [5.41, 5.74) is -0.193. The molecule has 0 radical (unpaired) electrons. The molecule has 0 fully saturated rings. The van der Waals surface area contributed by atoms with E-state index in [4.69, 9.17) is 9.84 Å². The van der Waals surface area contributed by atoms with Crippen LogP contribution in [-0.2, 0) is 29.5 Å². The van der Waals surface area contributed by atoms with Gasteiger partial charge < -0.3 is 20.3 Å². The molecule has 1 unspecified atom stereocenters. The summed E-state index contributed by atoms with van der Waals surface area (Å²) in [5, 5.41) is 22.1. The molecular weight excluding hydrogens is 435 g/mol. The zero-order valence-electron chi connectivity index (χ0n) is 17.9. The number of aliphatic hydroxyl groups is 1. The first-order valence-corrected chi connectivity index (χ1v) is 10.2. The molecule has 0 aliphatic carbocycles. The predicted octanol–water partition coefficient (Wildman–Crippen LogP) is 5.12. The molecule has 0 aliphatic heterocycles. The van der Waals surface area contributed by atoms with Crippen molar-refractivity contribution in [3.8, 4) is 11.5 Å². The molecule has 3 aromatic carbocycles. The zero-order valence-corrected chi connectivity index (χ0v) is 17.9. The molecule has 0 heterocycles. The maximum atomic E-state index is 13.3. The van der Waals surface area contributed by atoms with Crippen molar-refractivity contribution in [1.82, 2.24) is 5.32 Å². The van der Waals surface area contributed by atoms with E-state index >= 15 is 0 Å². The monoisotopic (exact) mass is 459 g/mol. The summed E-state index contributed by atoms with van der Waals surface area (Å²) in [4.78, 5) is 11.0. The topological polar surface area (TPSA) is 78.8 Å². The molecule has 3 rings (SSSR count). The average Bonchev–Trinajstić information content (AvgIpc) is 2.78. The Balaban J connectivity index is 1.91. The highest BCUT2D eigenvalue weighted by atomic mass is 19.4. The van der Waals surface area contributed by atoms with Gasteiger partial charge in [0.15, 0.2) is 0 Å². The second kappa shape index (κ2) is 10.1. The lowest BCUT2D eigenvalue weighted by Crippen LogP contribution is -2.42. The summed E-state index contributed by atoms with van der Waals surface area (Å²) in [5.74, 6) is -0.505. The smallest absolute Gasteiger partial charge is 0.416 e. The summed E-state index contributed by atoms with van der Waals surface area (Å²) in [7, 11) is 0. The lowest BCUT2D eigenvalue weighted by Gasteiger charge is -2.30. The minimum Gasteiger partial charge on any atom is -0.481 e. The number of benzene rings is 3. The Hall–Kier alpha value is -3.36. The van der Waals surface area contributed by atoms with E-state index in [9.17, 15) is 23.1 Å². The van der Waals surface area contributed by atoms with Crippen LogP contribution in [0.5, 0.6) is 11.5 Å². The number of carboxylic acid groups (broad SMARTS) is 1.